The smallest absolute Gasteiger partial charge is 0.228 e. The summed E-state index contributed by atoms with van der Waals surface area (Å²) in [7, 11) is 0. The number of nitrogens with one attached hydrogen (secondary N) is 2. The highest BCUT2D eigenvalue weighted by Crippen LogP contribution is 2.35. The molecule has 0 spiro atoms. The van der Waals surface area contributed by atoms with Gasteiger partial charge in [0.05, 0.1) is 5.92 Å². The second-order valence-electron chi connectivity index (χ2n) is 7.36. The molecule has 0 radical (unpaired) electrons. The van der Waals surface area contributed by atoms with E-state index in [9.17, 15) is 9.59 Å². The molecule has 1 heterocycles. The average Bonchev–Trinajstić information content (AvgIpc) is 2.68. The lowest BCUT2D eigenvalue weighted by Crippen LogP contribution is -2.42. The summed E-state index contributed by atoms with van der Waals surface area (Å²) in [5.41, 5.74) is 3.08. The van der Waals surface area contributed by atoms with Gasteiger partial charge in [-0.2, -0.15) is 0 Å². The summed E-state index contributed by atoms with van der Waals surface area (Å²) in [6.45, 7) is 0. The van der Waals surface area contributed by atoms with E-state index in [-0.39, 0.29) is 30.2 Å². The second-order valence-corrected chi connectivity index (χ2v) is 7.36. The zero-order chi connectivity index (χ0) is 17.9. The molecule has 1 aliphatic heterocycles. The molecule has 1 saturated carbocycles. The zero-order valence-corrected chi connectivity index (χ0v) is 14.8. The van der Waals surface area contributed by atoms with Gasteiger partial charge in [0.25, 0.3) is 0 Å². The Morgan fingerprint density at radius 1 is 0.923 bits per heavy atom. The van der Waals surface area contributed by atoms with Crippen molar-refractivity contribution in [3.05, 3.63) is 65.7 Å². The maximum Gasteiger partial charge on any atom is 0.228 e. The molecule has 4 nitrogen and oxygen atoms in total. The van der Waals surface area contributed by atoms with Crippen molar-refractivity contribution >= 4 is 17.5 Å². The van der Waals surface area contributed by atoms with Crippen molar-refractivity contribution in [3.63, 3.8) is 0 Å². The molecule has 4 rings (SSSR count). The molecule has 2 aromatic rings. The quantitative estimate of drug-likeness (QED) is 0.882. The van der Waals surface area contributed by atoms with Gasteiger partial charge >= 0.3 is 0 Å². The number of rotatable bonds is 3. The third-order valence-corrected chi connectivity index (χ3v) is 5.66. The highest BCUT2D eigenvalue weighted by atomic mass is 16.2. The first-order chi connectivity index (χ1) is 12.7. The normalized spacial score (nSPS) is 25.1. The molecule has 4 heteroatoms. The summed E-state index contributed by atoms with van der Waals surface area (Å²) in [5.74, 6) is 0.101. The molecule has 1 aliphatic carbocycles. The number of hydrogen-bond donors (Lipinski definition) is 2. The Labute approximate surface area is 154 Å². The molecule has 0 saturated heterocycles. The maximum atomic E-state index is 12.8. The molecule has 26 heavy (non-hydrogen) atoms. The van der Waals surface area contributed by atoms with Crippen LogP contribution in [-0.4, -0.2) is 17.9 Å². The Bertz CT molecular complexity index is 795. The standard InChI is InChI=1S/C22H24N2O2/c25-21-14-19(18-8-4-5-9-20(18)24-21)22(26)23-17-12-10-16(11-13-17)15-6-2-1-3-7-15/h1-9,16-17,19H,10-14H2,(H,23,26)(H,24,25). The lowest BCUT2D eigenvalue weighted by atomic mass is 9.81. The van der Waals surface area contributed by atoms with Gasteiger partial charge in [-0.3, -0.25) is 9.59 Å². The third-order valence-electron chi connectivity index (χ3n) is 5.66. The van der Waals surface area contributed by atoms with Crippen molar-refractivity contribution < 1.29 is 9.59 Å². The van der Waals surface area contributed by atoms with Crippen LogP contribution in [0.2, 0.25) is 0 Å². The van der Waals surface area contributed by atoms with Crippen LogP contribution >= 0.6 is 0 Å². The van der Waals surface area contributed by atoms with Crippen molar-refractivity contribution in [2.24, 2.45) is 0 Å². The van der Waals surface area contributed by atoms with E-state index in [0.29, 0.717) is 5.92 Å². The minimum atomic E-state index is -0.383. The minimum absolute atomic E-state index is 0.0181. The topological polar surface area (TPSA) is 58.2 Å². The summed E-state index contributed by atoms with van der Waals surface area (Å²) < 4.78 is 0. The lowest BCUT2D eigenvalue weighted by Gasteiger charge is -2.31. The molecular formula is C22H24N2O2. The number of carbonyl (C=O) groups excluding carboxylic acids is 2. The van der Waals surface area contributed by atoms with E-state index in [1.165, 1.54) is 5.56 Å². The summed E-state index contributed by atoms with van der Waals surface area (Å²) in [6, 6.07) is 18.4. The Balaban J connectivity index is 1.38. The lowest BCUT2D eigenvalue weighted by molar-refractivity contribution is -0.127. The van der Waals surface area contributed by atoms with Crippen molar-refractivity contribution in [1.29, 1.82) is 0 Å². The summed E-state index contributed by atoms with van der Waals surface area (Å²) >= 11 is 0. The van der Waals surface area contributed by atoms with Crippen molar-refractivity contribution in [1.82, 2.24) is 5.32 Å². The van der Waals surface area contributed by atoms with E-state index in [1.54, 1.807) is 0 Å². The summed E-state index contributed by atoms with van der Waals surface area (Å²) in [6.07, 6.45) is 4.40. The van der Waals surface area contributed by atoms with Crippen LogP contribution in [0, 0.1) is 0 Å². The first kappa shape index (κ1) is 16.8. The summed E-state index contributed by atoms with van der Waals surface area (Å²) in [4.78, 5) is 24.8. The SMILES string of the molecule is O=C1CC(C(=O)NC2CCC(c3ccccc3)CC2)c2ccccc2N1. The van der Waals surface area contributed by atoms with Crippen LogP contribution in [0.1, 0.15) is 55.1 Å². The third kappa shape index (κ3) is 3.50. The molecule has 1 atom stereocenters. The van der Waals surface area contributed by atoms with Gasteiger partial charge in [-0.15, -0.1) is 0 Å². The predicted octanol–water partition coefficient (Wildman–Crippen LogP) is 3.96. The van der Waals surface area contributed by atoms with Gasteiger partial charge < -0.3 is 10.6 Å². The Morgan fingerprint density at radius 2 is 1.62 bits per heavy atom. The van der Waals surface area contributed by atoms with Crippen LogP contribution in [0.5, 0.6) is 0 Å². The van der Waals surface area contributed by atoms with E-state index in [2.05, 4.69) is 34.9 Å². The van der Waals surface area contributed by atoms with Crippen LogP contribution in [0.3, 0.4) is 0 Å². The second kappa shape index (κ2) is 7.32. The number of benzene rings is 2. The first-order valence-electron chi connectivity index (χ1n) is 9.45. The number of fused-ring (bicyclic) bond motifs is 1. The monoisotopic (exact) mass is 348 g/mol. The number of para-hydroxylation sites is 1. The highest BCUT2D eigenvalue weighted by Gasteiger charge is 2.32. The van der Waals surface area contributed by atoms with Crippen molar-refractivity contribution in [2.45, 2.75) is 50.0 Å². The number of hydrogen-bond acceptors (Lipinski definition) is 2. The fourth-order valence-electron chi connectivity index (χ4n) is 4.24. The fraction of sp³-hybridized carbons (Fsp3) is 0.364. The Kier molecular flexibility index (Phi) is 4.74. The maximum absolute atomic E-state index is 12.8. The molecule has 0 aromatic heterocycles. The molecule has 2 amide bonds. The Hall–Kier alpha value is -2.62. The molecule has 2 N–H and O–H groups in total. The van der Waals surface area contributed by atoms with E-state index >= 15 is 0 Å². The minimum Gasteiger partial charge on any atom is -0.353 e. The molecule has 134 valence electrons. The molecule has 0 bridgehead atoms. The highest BCUT2D eigenvalue weighted by molar-refractivity contribution is 6.01. The molecule has 2 aliphatic rings. The number of anilines is 1. The summed E-state index contributed by atoms with van der Waals surface area (Å²) in [5, 5.41) is 6.06. The van der Waals surface area contributed by atoms with Gasteiger partial charge in [0, 0.05) is 18.2 Å². The van der Waals surface area contributed by atoms with E-state index in [0.717, 1.165) is 36.9 Å². The van der Waals surface area contributed by atoms with E-state index < -0.39 is 0 Å². The van der Waals surface area contributed by atoms with Crippen molar-refractivity contribution in [3.8, 4) is 0 Å². The molecule has 1 fully saturated rings. The largest absolute Gasteiger partial charge is 0.353 e. The van der Waals surface area contributed by atoms with Crippen LogP contribution in [-0.2, 0) is 9.59 Å². The number of amides is 2. The Morgan fingerprint density at radius 3 is 2.38 bits per heavy atom. The zero-order valence-electron chi connectivity index (χ0n) is 14.8. The van der Waals surface area contributed by atoms with Crippen LogP contribution < -0.4 is 10.6 Å². The molecule has 1 unspecified atom stereocenters. The van der Waals surface area contributed by atoms with Gasteiger partial charge in [-0.25, -0.2) is 0 Å². The van der Waals surface area contributed by atoms with Crippen LogP contribution in [0.25, 0.3) is 0 Å². The fourth-order valence-corrected chi connectivity index (χ4v) is 4.24. The predicted molar refractivity (Wildman–Crippen MR) is 102 cm³/mol. The van der Waals surface area contributed by atoms with E-state index in [1.807, 2.05) is 30.3 Å². The average molecular weight is 348 g/mol. The van der Waals surface area contributed by atoms with Crippen LogP contribution in [0.4, 0.5) is 5.69 Å². The van der Waals surface area contributed by atoms with Gasteiger partial charge in [0.15, 0.2) is 0 Å². The molecular weight excluding hydrogens is 324 g/mol. The van der Waals surface area contributed by atoms with E-state index in [4.69, 9.17) is 0 Å². The van der Waals surface area contributed by atoms with Gasteiger partial charge in [0.2, 0.25) is 11.8 Å². The number of carbonyl (C=O) groups is 2. The van der Waals surface area contributed by atoms with Crippen LogP contribution in [0.15, 0.2) is 54.6 Å². The van der Waals surface area contributed by atoms with Gasteiger partial charge in [-0.05, 0) is 48.8 Å². The molecule has 2 aromatic carbocycles. The first-order valence-corrected chi connectivity index (χ1v) is 9.45. The van der Waals surface area contributed by atoms with Crippen molar-refractivity contribution in [2.75, 3.05) is 5.32 Å². The van der Waals surface area contributed by atoms with Gasteiger partial charge in [0.1, 0.15) is 0 Å². The van der Waals surface area contributed by atoms with Gasteiger partial charge in [-0.1, -0.05) is 48.5 Å².